The molecule has 1 aromatic carbocycles. The highest BCUT2D eigenvalue weighted by Gasteiger charge is 2.44. The molecule has 0 saturated carbocycles. The molecule has 2 rings (SSSR count). The minimum atomic E-state index is -1.39. The SMILES string of the molecule is O=[N+]([O-])c1ccccc1OC1O[C@H](CO)[C@@H](O)[C@@H]1O. The molecule has 8 nitrogen and oxygen atoms in total. The van der Waals surface area contributed by atoms with Gasteiger partial charge >= 0.3 is 5.69 Å². The number of hydrogen-bond acceptors (Lipinski definition) is 7. The number of aliphatic hydroxyl groups is 3. The number of aliphatic hydroxyl groups excluding tert-OH is 3. The number of nitro groups is 1. The van der Waals surface area contributed by atoms with Crippen molar-refractivity contribution >= 4 is 5.69 Å². The van der Waals surface area contributed by atoms with Gasteiger partial charge in [0.15, 0.2) is 5.75 Å². The Morgan fingerprint density at radius 2 is 2.00 bits per heavy atom. The quantitative estimate of drug-likeness (QED) is 0.494. The van der Waals surface area contributed by atoms with Crippen molar-refractivity contribution < 1.29 is 29.7 Å². The third kappa shape index (κ3) is 2.66. The molecule has 104 valence electrons. The number of rotatable bonds is 4. The van der Waals surface area contributed by atoms with E-state index in [-0.39, 0.29) is 11.4 Å². The monoisotopic (exact) mass is 271 g/mol. The second kappa shape index (κ2) is 5.49. The Kier molecular flexibility index (Phi) is 3.96. The Balaban J connectivity index is 2.16. The molecule has 1 fully saturated rings. The summed E-state index contributed by atoms with van der Waals surface area (Å²) >= 11 is 0. The molecule has 0 amide bonds. The average Bonchev–Trinajstić information content (AvgIpc) is 2.67. The Labute approximate surface area is 108 Å². The Morgan fingerprint density at radius 1 is 1.32 bits per heavy atom. The lowest BCUT2D eigenvalue weighted by molar-refractivity contribution is -0.386. The van der Waals surface area contributed by atoms with E-state index in [0.29, 0.717) is 0 Å². The minimum absolute atomic E-state index is 0.0812. The summed E-state index contributed by atoms with van der Waals surface area (Å²) < 4.78 is 10.3. The molecule has 8 heteroatoms. The van der Waals surface area contributed by atoms with Crippen LogP contribution in [0.15, 0.2) is 24.3 Å². The van der Waals surface area contributed by atoms with E-state index in [1.165, 1.54) is 24.3 Å². The Morgan fingerprint density at radius 3 is 2.58 bits per heavy atom. The van der Waals surface area contributed by atoms with Crippen LogP contribution in [0, 0.1) is 10.1 Å². The van der Waals surface area contributed by atoms with Gasteiger partial charge in [-0.1, -0.05) is 12.1 Å². The van der Waals surface area contributed by atoms with E-state index in [1.54, 1.807) is 0 Å². The van der Waals surface area contributed by atoms with Crippen LogP contribution >= 0.6 is 0 Å². The van der Waals surface area contributed by atoms with Gasteiger partial charge in [0.05, 0.1) is 11.5 Å². The first kappa shape index (κ1) is 13.7. The first-order valence-electron chi connectivity index (χ1n) is 5.57. The average molecular weight is 271 g/mol. The van der Waals surface area contributed by atoms with Crippen molar-refractivity contribution in [3.63, 3.8) is 0 Å². The summed E-state index contributed by atoms with van der Waals surface area (Å²) in [5.74, 6) is -0.0812. The highest BCUT2D eigenvalue weighted by molar-refractivity contribution is 5.45. The summed E-state index contributed by atoms with van der Waals surface area (Å²) in [6.07, 6.45) is -4.95. The smallest absolute Gasteiger partial charge is 0.311 e. The number of hydrogen-bond donors (Lipinski definition) is 3. The van der Waals surface area contributed by atoms with Gasteiger partial charge in [-0.15, -0.1) is 0 Å². The van der Waals surface area contributed by atoms with E-state index in [0.717, 1.165) is 0 Å². The number of ether oxygens (including phenoxy) is 2. The van der Waals surface area contributed by atoms with E-state index in [2.05, 4.69) is 0 Å². The van der Waals surface area contributed by atoms with Crippen molar-refractivity contribution in [1.29, 1.82) is 0 Å². The van der Waals surface area contributed by atoms with Gasteiger partial charge in [-0.2, -0.15) is 0 Å². The highest BCUT2D eigenvalue weighted by Crippen LogP contribution is 2.30. The van der Waals surface area contributed by atoms with Crippen molar-refractivity contribution in [2.75, 3.05) is 6.61 Å². The molecule has 1 aliphatic rings. The van der Waals surface area contributed by atoms with Crippen LogP contribution in [0.5, 0.6) is 5.75 Å². The van der Waals surface area contributed by atoms with E-state index in [1.807, 2.05) is 0 Å². The first-order valence-corrected chi connectivity index (χ1v) is 5.57. The molecule has 0 radical (unpaired) electrons. The molecule has 1 heterocycles. The van der Waals surface area contributed by atoms with Gasteiger partial charge in [0, 0.05) is 6.07 Å². The van der Waals surface area contributed by atoms with Gasteiger partial charge in [-0.05, 0) is 6.07 Å². The van der Waals surface area contributed by atoms with Crippen LogP contribution < -0.4 is 4.74 Å². The Bertz CT molecular complexity index is 466. The molecule has 1 saturated heterocycles. The normalized spacial score (nSPS) is 30.3. The minimum Gasteiger partial charge on any atom is -0.455 e. The molecule has 0 aromatic heterocycles. The van der Waals surface area contributed by atoms with E-state index >= 15 is 0 Å². The van der Waals surface area contributed by atoms with Crippen LogP contribution in [-0.2, 0) is 4.74 Å². The van der Waals surface area contributed by atoms with E-state index in [4.69, 9.17) is 14.6 Å². The fraction of sp³-hybridized carbons (Fsp3) is 0.455. The zero-order valence-corrected chi connectivity index (χ0v) is 9.75. The van der Waals surface area contributed by atoms with Gasteiger partial charge in [0.2, 0.25) is 6.29 Å². The summed E-state index contributed by atoms with van der Waals surface area (Å²) in [6.45, 7) is -0.491. The van der Waals surface area contributed by atoms with Crippen molar-refractivity contribution in [1.82, 2.24) is 0 Å². The summed E-state index contributed by atoms with van der Waals surface area (Å²) in [4.78, 5) is 10.2. The molecule has 0 spiro atoms. The maximum Gasteiger partial charge on any atom is 0.311 e. The fourth-order valence-electron chi connectivity index (χ4n) is 1.80. The third-order valence-electron chi connectivity index (χ3n) is 2.80. The van der Waals surface area contributed by atoms with Gasteiger partial charge in [0.1, 0.15) is 18.3 Å². The molecule has 0 aliphatic carbocycles. The second-order valence-electron chi connectivity index (χ2n) is 4.05. The molecular formula is C11H13NO7. The maximum absolute atomic E-state index is 10.8. The highest BCUT2D eigenvalue weighted by atomic mass is 16.7. The topological polar surface area (TPSA) is 122 Å². The fourth-order valence-corrected chi connectivity index (χ4v) is 1.80. The lowest BCUT2D eigenvalue weighted by Crippen LogP contribution is -2.35. The molecule has 1 aliphatic heterocycles. The zero-order chi connectivity index (χ0) is 14.0. The number of nitrogens with zero attached hydrogens (tertiary/aromatic N) is 1. The van der Waals surface area contributed by atoms with Crippen LogP contribution in [0.4, 0.5) is 5.69 Å². The largest absolute Gasteiger partial charge is 0.455 e. The van der Waals surface area contributed by atoms with Gasteiger partial charge in [0.25, 0.3) is 0 Å². The van der Waals surface area contributed by atoms with Crippen molar-refractivity contribution in [2.45, 2.75) is 24.6 Å². The van der Waals surface area contributed by atoms with Crippen LogP contribution in [0.2, 0.25) is 0 Å². The lowest BCUT2D eigenvalue weighted by atomic mass is 10.1. The Hall–Kier alpha value is -1.74. The summed E-state index contributed by atoms with van der Waals surface area (Å²) in [6, 6.07) is 5.61. The second-order valence-corrected chi connectivity index (χ2v) is 4.05. The molecule has 3 N–H and O–H groups in total. The van der Waals surface area contributed by atoms with Crippen molar-refractivity contribution in [2.24, 2.45) is 0 Å². The first-order chi connectivity index (χ1) is 9.04. The van der Waals surface area contributed by atoms with Gasteiger partial charge in [-0.3, -0.25) is 10.1 Å². The van der Waals surface area contributed by atoms with Gasteiger partial charge in [-0.25, -0.2) is 0 Å². The summed E-state index contributed by atoms with van der Waals surface area (Å²) in [7, 11) is 0. The maximum atomic E-state index is 10.8. The number of para-hydroxylation sites is 2. The van der Waals surface area contributed by atoms with E-state index < -0.39 is 36.1 Å². The summed E-state index contributed by atoms with van der Waals surface area (Å²) in [5, 5.41) is 38.9. The molecule has 19 heavy (non-hydrogen) atoms. The molecule has 0 bridgehead atoms. The van der Waals surface area contributed by atoms with Crippen LogP contribution in [0.1, 0.15) is 0 Å². The predicted molar refractivity (Wildman–Crippen MR) is 61.5 cm³/mol. The van der Waals surface area contributed by atoms with Gasteiger partial charge < -0.3 is 24.8 Å². The standard InChI is InChI=1S/C11H13NO7/c13-5-8-9(14)10(15)11(19-8)18-7-4-2-1-3-6(7)12(16)17/h1-4,8-11,13-15H,5H2/t8-,9-,10+,11?/m1/s1. The van der Waals surface area contributed by atoms with Crippen LogP contribution in [-0.4, -0.2) is 51.5 Å². The lowest BCUT2D eigenvalue weighted by Gasteiger charge is -2.16. The predicted octanol–water partition coefficient (Wildman–Crippen LogP) is -0.587. The molecule has 4 atom stereocenters. The number of benzene rings is 1. The van der Waals surface area contributed by atoms with Crippen LogP contribution in [0.25, 0.3) is 0 Å². The zero-order valence-electron chi connectivity index (χ0n) is 9.75. The third-order valence-corrected chi connectivity index (χ3v) is 2.80. The number of nitro benzene ring substituents is 1. The van der Waals surface area contributed by atoms with E-state index in [9.17, 15) is 20.3 Å². The van der Waals surface area contributed by atoms with Crippen LogP contribution in [0.3, 0.4) is 0 Å². The summed E-state index contributed by atoms with van der Waals surface area (Å²) in [5.41, 5.74) is -0.278. The molecular weight excluding hydrogens is 258 g/mol. The molecule has 1 unspecified atom stereocenters. The van der Waals surface area contributed by atoms with Crippen molar-refractivity contribution in [3.8, 4) is 5.75 Å². The van der Waals surface area contributed by atoms with Crippen molar-refractivity contribution in [3.05, 3.63) is 34.4 Å². The molecule has 1 aromatic rings.